The Hall–Kier alpha value is -4.66. The summed E-state index contributed by atoms with van der Waals surface area (Å²) in [6.45, 7) is 1.95. The molecule has 0 spiro atoms. The van der Waals surface area contributed by atoms with E-state index in [2.05, 4.69) is 15.8 Å². The average Bonchev–Trinajstić information content (AvgIpc) is 2.89. The first-order chi connectivity index (χ1) is 16.9. The lowest BCUT2D eigenvalue weighted by Crippen LogP contribution is -2.32. The highest BCUT2D eigenvalue weighted by atomic mass is 16.6. The van der Waals surface area contributed by atoms with Gasteiger partial charge >= 0.3 is 17.8 Å². The van der Waals surface area contributed by atoms with Crippen molar-refractivity contribution in [3.8, 4) is 17.2 Å². The summed E-state index contributed by atoms with van der Waals surface area (Å²) < 4.78 is 15.8. The Balaban J connectivity index is 1.61. The van der Waals surface area contributed by atoms with E-state index >= 15 is 0 Å². The summed E-state index contributed by atoms with van der Waals surface area (Å²) in [4.78, 5) is 36.7. The molecule has 0 bridgehead atoms. The lowest BCUT2D eigenvalue weighted by Gasteiger charge is -2.10. The summed E-state index contributed by atoms with van der Waals surface area (Å²) in [5.74, 6) is -1.18. The topological polar surface area (TPSA) is 115 Å². The zero-order valence-corrected chi connectivity index (χ0v) is 19.5. The molecule has 2 N–H and O–H groups in total. The van der Waals surface area contributed by atoms with E-state index in [4.69, 9.17) is 14.2 Å². The van der Waals surface area contributed by atoms with Crippen LogP contribution < -0.4 is 25.0 Å². The number of amides is 2. The van der Waals surface area contributed by atoms with Gasteiger partial charge in [-0.15, -0.1) is 0 Å². The average molecular weight is 476 g/mol. The Morgan fingerprint density at radius 3 is 2.31 bits per heavy atom. The van der Waals surface area contributed by atoms with Gasteiger partial charge in [-0.05, 0) is 66.1 Å². The molecule has 0 fully saturated rings. The molecule has 0 unspecified atom stereocenters. The fraction of sp³-hybridized carbons (Fsp3) is 0.154. The van der Waals surface area contributed by atoms with Crippen LogP contribution in [0.15, 0.2) is 71.8 Å². The smallest absolute Gasteiger partial charge is 0.343 e. The van der Waals surface area contributed by atoms with Crippen LogP contribution >= 0.6 is 0 Å². The van der Waals surface area contributed by atoms with Crippen LogP contribution in [-0.2, 0) is 16.0 Å². The number of carbonyl (C=O) groups excluding carboxylic acids is 3. The second kappa shape index (κ2) is 12.0. The fourth-order valence-corrected chi connectivity index (χ4v) is 3.08. The molecule has 0 atom stereocenters. The maximum absolute atomic E-state index is 12.4. The molecule has 9 heteroatoms. The summed E-state index contributed by atoms with van der Waals surface area (Å²) >= 11 is 0. The van der Waals surface area contributed by atoms with E-state index in [1.54, 1.807) is 48.5 Å². The Kier molecular flexibility index (Phi) is 8.55. The van der Waals surface area contributed by atoms with Gasteiger partial charge < -0.3 is 19.5 Å². The number of benzene rings is 3. The standard InChI is InChI=1S/C26H25N3O6/c1-4-18-7-5-6-8-21(18)28-24(30)25(31)29-27-16-17-9-14-22(23(15-17)34-3)35-26(32)19-10-12-20(33-2)13-11-19/h5-16H,4H2,1-3H3,(H,28,30)(H,29,31)/b27-16+. The van der Waals surface area contributed by atoms with Crippen LogP contribution in [0.4, 0.5) is 5.69 Å². The number of para-hydroxylation sites is 1. The number of anilines is 1. The predicted octanol–water partition coefficient (Wildman–Crippen LogP) is 3.57. The second-order valence-electron chi connectivity index (χ2n) is 7.19. The van der Waals surface area contributed by atoms with Crippen molar-refractivity contribution in [2.75, 3.05) is 19.5 Å². The molecule has 0 heterocycles. The molecule has 0 aliphatic heterocycles. The molecule has 3 rings (SSSR count). The fourth-order valence-electron chi connectivity index (χ4n) is 3.08. The second-order valence-corrected chi connectivity index (χ2v) is 7.19. The lowest BCUT2D eigenvalue weighted by molar-refractivity contribution is -0.136. The third kappa shape index (κ3) is 6.67. The number of ether oxygens (including phenoxy) is 3. The number of carbonyl (C=O) groups is 3. The number of nitrogens with zero attached hydrogens (tertiary/aromatic N) is 1. The third-order valence-electron chi connectivity index (χ3n) is 4.95. The molecule has 0 radical (unpaired) electrons. The van der Waals surface area contributed by atoms with Gasteiger partial charge in [0.25, 0.3) is 0 Å². The van der Waals surface area contributed by atoms with Crippen LogP contribution in [0, 0.1) is 0 Å². The molecule has 2 amide bonds. The number of aryl methyl sites for hydroxylation is 1. The largest absolute Gasteiger partial charge is 0.497 e. The van der Waals surface area contributed by atoms with Crippen LogP contribution in [0.3, 0.4) is 0 Å². The zero-order valence-electron chi connectivity index (χ0n) is 19.5. The molecule has 180 valence electrons. The van der Waals surface area contributed by atoms with Crippen molar-refractivity contribution in [1.29, 1.82) is 0 Å². The van der Waals surface area contributed by atoms with Gasteiger partial charge in [0.1, 0.15) is 5.75 Å². The molecular weight excluding hydrogens is 450 g/mol. The first-order valence-corrected chi connectivity index (χ1v) is 10.7. The van der Waals surface area contributed by atoms with E-state index in [0.717, 1.165) is 5.56 Å². The summed E-state index contributed by atoms with van der Waals surface area (Å²) in [5, 5.41) is 6.39. The Morgan fingerprint density at radius 1 is 0.886 bits per heavy atom. The van der Waals surface area contributed by atoms with Crippen molar-refractivity contribution in [3.05, 3.63) is 83.4 Å². The molecule has 9 nitrogen and oxygen atoms in total. The van der Waals surface area contributed by atoms with Gasteiger partial charge in [0.15, 0.2) is 11.5 Å². The van der Waals surface area contributed by atoms with Gasteiger partial charge in [-0.25, -0.2) is 10.2 Å². The third-order valence-corrected chi connectivity index (χ3v) is 4.95. The minimum atomic E-state index is -0.913. The molecule has 3 aromatic rings. The number of rotatable bonds is 8. The Labute approximate surface area is 202 Å². The number of methoxy groups -OCH3 is 2. The molecule has 0 aliphatic rings. The molecule has 0 aromatic heterocycles. The predicted molar refractivity (Wildman–Crippen MR) is 131 cm³/mol. The van der Waals surface area contributed by atoms with Crippen molar-refractivity contribution >= 4 is 29.7 Å². The molecule has 35 heavy (non-hydrogen) atoms. The molecule has 0 saturated heterocycles. The Bertz CT molecular complexity index is 1240. The highest BCUT2D eigenvalue weighted by molar-refractivity contribution is 6.39. The van der Waals surface area contributed by atoms with Crippen LogP contribution in [0.2, 0.25) is 0 Å². The first kappa shape index (κ1) is 25.0. The van der Waals surface area contributed by atoms with Crippen molar-refractivity contribution < 1.29 is 28.6 Å². The molecule has 0 saturated carbocycles. The first-order valence-electron chi connectivity index (χ1n) is 10.7. The minimum Gasteiger partial charge on any atom is -0.497 e. The van der Waals surface area contributed by atoms with E-state index in [-0.39, 0.29) is 11.5 Å². The number of nitrogens with one attached hydrogen (secondary N) is 2. The normalized spacial score (nSPS) is 10.5. The van der Waals surface area contributed by atoms with Gasteiger partial charge in [0.2, 0.25) is 0 Å². The van der Waals surface area contributed by atoms with Crippen LogP contribution in [0.25, 0.3) is 0 Å². The maximum atomic E-state index is 12.4. The van der Waals surface area contributed by atoms with Crippen molar-refractivity contribution in [1.82, 2.24) is 5.43 Å². The van der Waals surface area contributed by atoms with E-state index in [0.29, 0.717) is 29.0 Å². The SMILES string of the molecule is CCc1ccccc1NC(=O)C(=O)N/N=C/c1ccc(OC(=O)c2ccc(OC)cc2)c(OC)c1. The van der Waals surface area contributed by atoms with Crippen molar-refractivity contribution in [3.63, 3.8) is 0 Å². The van der Waals surface area contributed by atoms with Gasteiger partial charge in [0, 0.05) is 5.69 Å². The Morgan fingerprint density at radius 2 is 1.63 bits per heavy atom. The van der Waals surface area contributed by atoms with Gasteiger partial charge in [-0.2, -0.15) is 5.10 Å². The van der Waals surface area contributed by atoms with Crippen LogP contribution in [0.1, 0.15) is 28.4 Å². The molecular formula is C26H25N3O6. The van der Waals surface area contributed by atoms with Crippen LogP contribution in [0.5, 0.6) is 17.2 Å². The van der Waals surface area contributed by atoms with E-state index in [9.17, 15) is 14.4 Å². The van der Waals surface area contributed by atoms with Gasteiger partial charge in [-0.1, -0.05) is 25.1 Å². The van der Waals surface area contributed by atoms with E-state index < -0.39 is 17.8 Å². The zero-order chi connectivity index (χ0) is 25.2. The molecule has 0 aliphatic carbocycles. The minimum absolute atomic E-state index is 0.212. The molecule has 3 aromatic carbocycles. The number of hydrogen-bond donors (Lipinski definition) is 2. The summed E-state index contributed by atoms with van der Waals surface area (Å²) in [5.41, 5.74) is 4.57. The van der Waals surface area contributed by atoms with Crippen LogP contribution in [-0.4, -0.2) is 38.2 Å². The highest BCUT2D eigenvalue weighted by Crippen LogP contribution is 2.28. The maximum Gasteiger partial charge on any atom is 0.343 e. The lowest BCUT2D eigenvalue weighted by atomic mass is 10.1. The number of hydrogen-bond acceptors (Lipinski definition) is 7. The van der Waals surface area contributed by atoms with Crippen molar-refractivity contribution in [2.24, 2.45) is 5.10 Å². The van der Waals surface area contributed by atoms with E-state index in [1.165, 1.54) is 26.5 Å². The van der Waals surface area contributed by atoms with Gasteiger partial charge in [0.05, 0.1) is 26.0 Å². The van der Waals surface area contributed by atoms with Crippen molar-refractivity contribution in [2.45, 2.75) is 13.3 Å². The summed E-state index contributed by atoms with van der Waals surface area (Å²) in [7, 11) is 2.97. The van der Waals surface area contributed by atoms with E-state index in [1.807, 2.05) is 19.1 Å². The highest BCUT2D eigenvalue weighted by Gasteiger charge is 2.15. The monoisotopic (exact) mass is 475 g/mol. The summed E-state index contributed by atoms with van der Waals surface area (Å²) in [6, 6.07) is 18.5. The summed E-state index contributed by atoms with van der Waals surface area (Å²) in [6.07, 6.45) is 2.05. The number of hydrazone groups is 1. The number of esters is 1. The van der Waals surface area contributed by atoms with Gasteiger partial charge in [-0.3, -0.25) is 9.59 Å². The quantitative estimate of drug-likeness (QED) is 0.169.